The first-order valence-corrected chi connectivity index (χ1v) is 12.5. The number of anilines is 1. The van der Waals surface area contributed by atoms with Crippen molar-refractivity contribution < 1.29 is 17.9 Å². The molecule has 1 amide bonds. The van der Waals surface area contributed by atoms with Crippen LogP contribution in [0.3, 0.4) is 0 Å². The highest BCUT2D eigenvalue weighted by Crippen LogP contribution is 2.21. The molecule has 0 unspecified atom stereocenters. The third-order valence-electron chi connectivity index (χ3n) is 5.86. The third kappa shape index (κ3) is 5.55. The molecule has 0 aliphatic carbocycles. The number of amides is 1. The molecule has 0 bridgehead atoms. The maximum absolute atomic E-state index is 13.4. The third-order valence-corrected chi connectivity index (χ3v) is 7.63. The zero-order chi connectivity index (χ0) is 24.0. The summed E-state index contributed by atoms with van der Waals surface area (Å²) in [5.74, 6) is 0.464. The zero-order valence-corrected chi connectivity index (χ0v) is 19.9. The summed E-state index contributed by atoms with van der Waals surface area (Å²) in [6.07, 6.45) is 2.82. The van der Waals surface area contributed by atoms with Gasteiger partial charge in [0.15, 0.2) is 0 Å². The fourth-order valence-corrected chi connectivity index (χ4v) is 5.26. The Balaban J connectivity index is 1.49. The molecule has 8 nitrogen and oxygen atoms in total. The van der Waals surface area contributed by atoms with E-state index in [1.54, 1.807) is 42.3 Å². The number of aromatic nitrogens is 1. The molecule has 1 saturated heterocycles. The Morgan fingerprint density at radius 2 is 1.68 bits per heavy atom. The van der Waals surface area contributed by atoms with E-state index in [2.05, 4.69) is 22.0 Å². The number of nitrogens with zero attached hydrogens (tertiary/aromatic N) is 4. The van der Waals surface area contributed by atoms with Gasteiger partial charge in [-0.15, -0.1) is 0 Å². The molecule has 1 aliphatic heterocycles. The Morgan fingerprint density at radius 3 is 2.29 bits per heavy atom. The molecule has 0 atom stereocenters. The Kier molecular flexibility index (Phi) is 7.44. The molecule has 0 N–H and O–H groups in total. The van der Waals surface area contributed by atoms with E-state index >= 15 is 0 Å². The lowest BCUT2D eigenvalue weighted by Gasteiger charge is -2.37. The van der Waals surface area contributed by atoms with Gasteiger partial charge in [0.25, 0.3) is 0 Å². The molecule has 1 fully saturated rings. The van der Waals surface area contributed by atoms with Crippen molar-refractivity contribution in [3.63, 3.8) is 0 Å². The molecule has 1 aliphatic rings. The number of para-hydroxylation sites is 1. The molecule has 0 radical (unpaired) electrons. The molecular formula is C25H28N4O4S. The number of pyridine rings is 1. The van der Waals surface area contributed by atoms with E-state index in [-0.39, 0.29) is 23.9 Å². The van der Waals surface area contributed by atoms with Crippen LogP contribution in [0.15, 0.2) is 84.0 Å². The number of carbonyl (C=O) groups excluding carboxylic acids is 1. The molecule has 9 heteroatoms. The standard InChI is InChI=1S/C25H28N4O4S/c1-33-23-11-9-21(10-12-23)19-29(34(31,32)24-8-5-13-26-18-24)20-25(30)28-16-14-27(15-17-28)22-6-3-2-4-7-22/h2-13,18H,14-17,19-20H2,1H3. The van der Waals surface area contributed by atoms with Crippen LogP contribution in [0.1, 0.15) is 5.56 Å². The highest BCUT2D eigenvalue weighted by Gasteiger charge is 2.30. The van der Waals surface area contributed by atoms with Crippen molar-refractivity contribution in [1.29, 1.82) is 0 Å². The normalized spacial score (nSPS) is 14.3. The molecule has 34 heavy (non-hydrogen) atoms. The van der Waals surface area contributed by atoms with Crippen molar-refractivity contribution in [2.45, 2.75) is 11.4 Å². The summed E-state index contributed by atoms with van der Waals surface area (Å²) in [6.45, 7) is 2.30. The first kappa shape index (κ1) is 23.7. The van der Waals surface area contributed by atoms with Gasteiger partial charge in [0.2, 0.25) is 15.9 Å². The van der Waals surface area contributed by atoms with Gasteiger partial charge >= 0.3 is 0 Å². The fourth-order valence-electron chi connectivity index (χ4n) is 3.91. The SMILES string of the molecule is COc1ccc(CN(CC(=O)N2CCN(c3ccccc3)CC2)S(=O)(=O)c2cccnc2)cc1. The Hall–Kier alpha value is -3.43. The number of rotatable bonds is 8. The van der Waals surface area contributed by atoms with Gasteiger partial charge < -0.3 is 14.5 Å². The van der Waals surface area contributed by atoms with Crippen LogP contribution in [0, 0.1) is 0 Å². The van der Waals surface area contributed by atoms with E-state index < -0.39 is 10.0 Å². The van der Waals surface area contributed by atoms with Crippen LogP contribution >= 0.6 is 0 Å². The summed E-state index contributed by atoms with van der Waals surface area (Å²) in [4.78, 5) is 21.2. The van der Waals surface area contributed by atoms with Crippen molar-refractivity contribution >= 4 is 21.6 Å². The quantitative estimate of drug-likeness (QED) is 0.493. The van der Waals surface area contributed by atoms with Crippen LogP contribution in [-0.2, 0) is 21.4 Å². The number of hydrogen-bond donors (Lipinski definition) is 0. The highest BCUT2D eigenvalue weighted by molar-refractivity contribution is 7.89. The Morgan fingerprint density at radius 1 is 0.971 bits per heavy atom. The first-order chi connectivity index (χ1) is 16.5. The van der Waals surface area contributed by atoms with Gasteiger partial charge in [-0.1, -0.05) is 30.3 Å². The fraction of sp³-hybridized carbons (Fsp3) is 0.280. The van der Waals surface area contributed by atoms with Crippen molar-refractivity contribution in [1.82, 2.24) is 14.2 Å². The molecule has 4 rings (SSSR count). The summed E-state index contributed by atoms with van der Waals surface area (Å²) in [5.41, 5.74) is 1.88. The summed E-state index contributed by atoms with van der Waals surface area (Å²) in [5, 5.41) is 0. The minimum absolute atomic E-state index is 0.0604. The molecule has 178 valence electrons. The minimum Gasteiger partial charge on any atom is -0.497 e. The van der Waals surface area contributed by atoms with Gasteiger partial charge in [0.05, 0.1) is 13.7 Å². The maximum Gasteiger partial charge on any atom is 0.245 e. The largest absolute Gasteiger partial charge is 0.497 e. The summed E-state index contributed by atoms with van der Waals surface area (Å²) in [6, 6.07) is 20.3. The smallest absolute Gasteiger partial charge is 0.245 e. The monoisotopic (exact) mass is 480 g/mol. The van der Waals surface area contributed by atoms with Crippen molar-refractivity contribution in [2.75, 3.05) is 44.7 Å². The average molecular weight is 481 g/mol. The van der Waals surface area contributed by atoms with E-state index in [9.17, 15) is 13.2 Å². The average Bonchev–Trinajstić information content (AvgIpc) is 2.89. The van der Waals surface area contributed by atoms with Crippen molar-refractivity contribution in [3.8, 4) is 5.75 Å². The van der Waals surface area contributed by atoms with E-state index in [4.69, 9.17) is 4.74 Å². The number of piperazine rings is 1. The topological polar surface area (TPSA) is 83.0 Å². The minimum atomic E-state index is -3.92. The second-order valence-electron chi connectivity index (χ2n) is 8.01. The second kappa shape index (κ2) is 10.7. The molecule has 3 aromatic rings. The maximum atomic E-state index is 13.4. The van der Waals surface area contributed by atoms with Crippen LogP contribution in [-0.4, -0.2) is 68.3 Å². The number of carbonyl (C=O) groups is 1. The molecule has 2 heterocycles. The Labute approximate surface area is 200 Å². The predicted octanol–water partition coefficient (Wildman–Crippen LogP) is 2.63. The molecule has 0 saturated carbocycles. The van der Waals surface area contributed by atoms with E-state index in [0.717, 1.165) is 11.3 Å². The lowest BCUT2D eigenvalue weighted by Crippen LogP contribution is -2.51. The van der Waals surface area contributed by atoms with Crippen molar-refractivity contribution in [2.24, 2.45) is 0 Å². The van der Waals surface area contributed by atoms with Crippen LogP contribution < -0.4 is 9.64 Å². The van der Waals surface area contributed by atoms with Gasteiger partial charge in [-0.2, -0.15) is 4.31 Å². The lowest BCUT2D eigenvalue weighted by molar-refractivity contribution is -0.131. The van der Waals surface area contributed by atoms with Gasteiger partial charge in [0, 0.05) is 50.8 Å². The van der Waals surface area contributed by atoms with Crippen molar-refractivity contribution in [3.05, 3.63) is 84.7 Å². The van der Waals surface area contributed by atoms with Crippen LogP contribution in [0.5, 0.6) is 5.75 Å². The van der Waals surface area contributed by atoms with E-state index in [1.807, 2.05) is 18.2 Å². The number of methoxy groups -OCH3 is 1. The Bertz CT molecular complexity index is 1180. The molecule has 0 spiro atoms. The van der Waals surface area contributed by atoms with Gasteiger partial charge in [-0.05, 0) is 42.0 Å². The van der Waals surface area contributed by atoms with Crippen LogP contribution in [0.4, 0.5) is 5.69 Å². The van der Waals surface area contributed by atoms with Crippen LogP contribution in [0.25, 0.3) is 0 Å². The molecule has 1 aromatic heterocycles. The highest BCUT2D eigenvalue weighted by atomic mass is 32.2. The first-order valence-electron chi connectivity index (χ1n) is 11.1. The van der Waals surface area contributed by atoms with Crippen LogP contribution in [0.2, 0.25) is 0 Å². The van der Waals surface area contributed by atoms with Gasteiger partial charge in [-0.25, -0.2) is 8.42 Å². The summed E-state index contributed by atoms with van der Waals surface area (Å²) in [7, 11) is -2.35. The number of ether oxygens (including phenoxy) is 1. The molecule has 2 aromatic carbocycles. The molecular weight excluding hydrogens is 452 g/mol. The number of hydrogen-bond acceptors (Lipinski definition) is 6. The second-order valence-corrected chi connectivity index (χ2v) is 9.95. The van der Waals surface area contributed by atoms with E-state index in [0.29, 0.717) is 31.9 Å². The summed E-state index contributed by atoms with van der Waals surface area (Å²) < 4.78 is 33.2. The lowest BCUT2D eigenvalue weighted by atomic mass is 10.2. The van der Waals surface area contributed by atoms with Gasteiger partial charge in [-0.3, -0.25) is 9.78 Å². The summed E-state index contributed by atoms with van der Waals surface area (Å²) >= 11 is 0. The zero-order valence-electron chi connectivity index (χ0n) is 19.1. The van der Waals surface area contributed by atoms with E-state index in [1.165, 1.54) is 22.8 Å². The predicted molar refractivity (Wildman–Crippen MR) is 130 cm³/mol. The number of benzene rings is 2. The number of sulfonamides is 1. The van der Waals surface area contributed by atoms with Gasteiger partial charge in [0.1, 0.15) is 10.6 Å².